The summed E-state index contributed by atoms with van der Waals surface area (Å²) in [5, 5.41) is 0. The van der Waals surface area contributed by atoms with Crippen LogP contribution in [0.4, 0.5) is 0 Å². The summed E-state index contributed by atoms with van der Waals surface area (Å²) in [4.78, 5) is 26.6. The highest BCUT2D eigenvalue weighted by Gasteiger charge is 2.12. The van der Waals surface area contributed by atoms with Gasteiger partial charge in [-0.05, 0) is 6.42 Å². The predicted molar refractivity (Wildman–Crippen MR) is 58.0 cm³/mol. The quantitative estimate of drug-likeness (QED) is 0.540. The van der Waals surface area contributed by atoms with E-state index >= 15 is 0 Å². The summed E-state index contributed by atoms with van der Waals surface area (Å²) in [7, 11) is 1.75. The number of carbonyl (C=O) groups is 2. The molecule has 5 nitrogen and oxygen atoms in total. The third kappa shape index (κ3) is 3.49. The van der Waals surface area contributed by atoms with Crippen molar-refractivity contribution in [1.82, 2.24) is 9.55 Å². The van der Waals surface area contributed by atoms with Crippen molar-refractivity contribution in [3.8, 4) is 0 Å². The fourth-order valence-corrected chi connectivity index (χ4v) is 1.26. The number of carbonyl (C=O) groups excluding carboxylic acids is 2. The standard InChI is InChI=1S/C11H16N2O3/c1-3-6-16-11(15)5-4-10(14)9-7-12-8-13(9)2/h7-8H,3-6H2,1-2H3. The van der Waals surface area contributed by atoms with Crippen LogP contribution < -0.4 is 0 Å². The zero-order valence-corrected chi connectivity index (χ0v) is 9.60. The number of rotatable bonds is 6. The number of nitrogens with zero attached hydrogens (tertiary/aromatic N) is 2. The lowest BCUT2D eigenvalue weighted by atomic mass is 10.2. The normalized spacial score (nSPS) is 10.1. The van der Waals surface area contributed by atoms with Gasteiger partial charge in [-0.25, -0.2) is 4.98 Å². The first-order valence-corrected chi connectivity index (χ1v) is 5.30. The van der Waals surface area contributed by atoms with Gasteiger partial charge in [-0.2, -0.15) is 0 Å². The van der Waals surface area contributed by atoms with E-state index in [-0.39, 0.29) is 24.6 Å². The molecule has 88 valence electrons. The minimum atomic E-state index is -0.322. The van der Waals surface area contributed by atoms with E-state index in [1.54, 1.807) is 17.9 Å². The van der Waals surface area contributed by atoms with Crippen LogP contribution in [0.3, 0.4) is 0 Å². The second kappa shape index (κ2) is 6.05. The van der Waals surface area contributed by atoms with Gasteiger partial charge in [0.25, 0.3) is 0 Å². The molecule has 1 aromatic heterocycles. The lowest BCUT2D eigenvalue weighted by molar-refractivity contribution is -0.143. The number of hydrogen-bond donors (Lipinski definition) is 0. The van der Waals surface area contributed by atoms with Crippen molar-refractivity contribution in [2.24, 2.45) is 7.05 Å². The summed E-state index contributed by atoms with van der Waals surface area (Å²) in [6.45, 7) is 2.34. The molecule has 1 heterocycles. The molecule has 0 fully saturated rings. The van der Waals surface area contributed by atoms with Gasteiger partial charge in [-0.1, -0.05) is 6.92 Å². The number of aryl methyl sites for hydroxylation is 1. The summed E-state index contributed by atoms with van der Waals surface area (Å²) in [5.41, 5.74) is 0.517. The van der Waals surface area contributed by atoms with Gasteiger partial charge in [-0.3, -0.25) is 9.59 Å². The number of ketones is 1. The number of esters is 1. The monoisotopic (exact) mass is 224 g/mol. The summed E-state index contributed by atoms with van der Waals surface area (Å²) >= 11 is 0. The lowest BCUT2D eigenvalue weighted by Gasteiger charge is -2.03. The molecule has 0 saturated heterocycles. The van der Waals surface area contributed by atoms with E-state index in [1.807, 2.05) is 6.92 Å². The Morgan fingerprint density at radius 3 is 2.75 bits per heavy atom. The first-order valence-electron chi connectivity index (χ1n) is 5.30. The Hall–Kier alpha value is -1.65. The molecule has 1 aromatic rings. The molecule has 0 N–H and O–H groups in total. The van der Waals surface area contributed by atoms with Crippen LogP contribution in [0.1, 0.15) is 36.7 Å². The molecule has 0 atom stereocenters. The molecule has 0 amide bonds. The lowest BCUT2D eigenvalue weighted by Crippen LogP contribution is -2.10. The average Bonchev–Trinajstić information content (AvgIpc) is 2.69. The zero-order chi connectivity index (χ0) is 12.0. The van der Waals surface area contributed by atoms with Crippen LogP contribution in [0, 0.1) is 0 Å². The molecule has 0 spiro atoms. The Labute approximate surface area is 94.4 Å². The van der Waals surface area contributed by atoms with E-state index in [4.69, 9.17) is 4.74 Å². The Balaban J connectivity index is 2.36. The van der Waals surface area contributed by atoms with Crippen LogP contribution in [0.5, 0.6) is 0 Å². The van der Waals surface area contributed by atoms with Crippen LogP contribution in [0.2, 0.25) is 0 Å². The molecular formula is C11H16N2O3. The molecule has 16 heavy (non-hydrogen) atoms. The first-order chi connectivity index (χ1) is 7.65. The Morgan fingerprint density at radius 1 is 1.44 bits per heavy atom. The maximum absolute atomic E-state index is 11.6. The van der Waals surface area contributed by atoms with Crippen LogP contribution in [-0.4, -0.2) is 27.9 Å². The van der Waals surface area contributed by atoms with Crippen molar-refractivity contribution in [2.75, 3.05) is 6.61 Å². The molecule has 0 aliphatic rings. The second-order valence-electron chi connectivity index (χ2n) is 3.53. The Bertz CT molecular complexity index is 371. The Morgan fingerprint density at radius 2 is 2.19 bits per heavy atom. The van der Waals surface area contributed by atoms with Crippen molar-refractivity contribution >= 4 is 11.8 Å². The maximum atomic E-state index is 11.6. The van der Waals surface area contributed by atoms with Gasteiger partial charge in [0.15, 0.2) is 5.78 Å². The summed E-state index contributed by atoms with van der Waals surface area (Å²) < 4.78 is 6.51. The molecule has 1 rings (SSSR count). The highest BCUT2D eigenvalue weighted by molar-refractivity contribution is 5.95. The van der Waals surface area contributed by atoms with E-state index in [2.05, 4.69) is 4.98 Å². The van der Waals surface area contributed by atoms with Crippen molar-refractivity contribution in [3.05, 3.63) is 18.2 Å². The third-order valence-electron chi connectivity index (χ3n) is 2.13. The van der Waals surface area contributed by atoms with E-state index < -0.39 is 0 Å². The van der Waals surface area contributed by atoms with Crippen LogP contribution in [-0.2, 0) is 16.6 Å². The third-order valence-corrected chi connectivity index (χ3v) is 2.13. The number of imidazole rings is 1. The molecule has 0 bridgehead atoms. The SMILES string of the molecule is CCCOC(=O)CCC(=O)c1cncn1C. The molecule has 5 heteroatoms. The van der Waals surface area contributed by atoms with Gasteiger partial charge in [0.05, 0.1) is 25.6 Å². The van der Waals surface area contributed by atoms with E-state index in [1.165, 1.54) is 6.20 Å². The van der Waals surface area contributed by atoms with Gasteiger partial charge in [0, 0.05) is 13.5 Å². The van der Waals surface area contributed by atoms with Gasteiger partial charge < -0.3 is 9.30 Å². The molecule has 0 saturated carbocycles. The van der Waals surface area contributed by atoms with Gasteiger partial charge in [-0.15, -0.1) is 0 Å². The van der Waals surface area contributed by atoms with Crippen molar-refractivity contribution in [1.29, 1.82) is 0 Å². The number of aromatic nitrogens is 2. The van der Waals surface area contributed by atoms with Crippen LogP contribution >= 0.6 is 0 Å². The van der Waals surface area contributed by atoms with Gasteiger partial charge >= 0.3 is 5.97 Å². The summed E-state index contributed by atoms with van der Waals surface area (Å²) in [6, 6.07) is 0. The fraction of sp³-hybridized carbons (Fsp3) is 0.545. The van der Waals surface area contributed by atoms with Crippen LogP contribution in [0.25, 0.3) is 0 Å². The van der Waals surface area contributed by atoms with Crippen molar-refractivity contribution in [2.45, 2.75) is 26.2 Å². The van der Waals surface area contributed by atoms with Gasteiger partial charge in [0.2, 0.25) is 0 Å². The molecule has 0 aliphatic carbocycles. The topological polar surface area (TPSA) is 61.2 Å². The van der Waals surface area contributed by atoms with Crippen molar-refractivity contribution in [3.63, 3.8) is 0 Å². The van der Waals surface area contributed by atoms with E-state index in [9.17, 15) is 9.59 Å². The average molecular weight is 224 g/mol. The van der Waals surface area contributed by atoms with Gasteiger partial charge in [0.1, 0.15) is 5.69 Å². The summed E-state index contributed by atoms with van der Waals surface area (Å²) in [6.07, 6.45) is 4.15. The minimum Gasteiger partial charge on any atom is -0.466 e. The number of ether oxygens (including phenoxy) is 1. The Kier molecular flexibility index (Phi) is 4.69. The fourth-order valence-electron chi connectivity index (χ4n) is 1.26. The summed E-state index contributed by atoms with van der Waals surface area (Å²) in [5.74, 6) is -0.411. The first kappa shape index (κ1) is 12.4. The van der Waals surface area contributed by atoms with E-state index in [0.29, 0.717) is 12.3 Å². The molecule has 0 aliphatic heterocycles. The van der Waals surface area contributed by atoms with Crippen LogP contribution in [0.15, 0.2) is 12.5 Å². The molecule has 0 radical (unpaired) electrons. The van der Waals surface area contributed by atoms with Crippen molar-refractivity contribution < 1.29 is 14.3 Å². The largest absolute Gasteiger partial charge is 0.466 e. The number of Topliss-reactive ketones (excluding diaryl/α,β-unsaturated/α-hetero) is 1. The zero-order valence-electron chi connectivity index (χ0n) is 9.60. The molecule has 0 unspecified atom stereocenters. The van der Waals surface area contributed by atoms with E-state index in [0.717, 1.165) is 6.42 Å². The number of hydrogen-bond acceptors (Lipinski definition) is 4. The highest BCUT2D eigenvalue weighted by Crippen LogP contribution is 2.04. The maximum Gasteiger partial charge on any atom is 0.306 e. The predicted octanol–water partition coefficient (Wildman–Crippen LogP) is 1.34. The smallest absolute Gasteiger partial charge is 0.306 e. The molecule has 0 aromatic carbocycles. The highest BCUT2D eigenvalue weighted by atomic mass is 16.5. The second-order valence-corrected chi connectivity index (χ2v) is 3.53. The minimum absolute atomic E-state index is 0.0894. The molecular weight excluding hydrogens is 208 g/mol.